The van der Waals surface area contributed by atoms with Gasteiger partial charge in [0.15, 0.2) is 0 Å². The lowest BCUT2D eigenvalue weighted by Gasteiger charge is -2.38. The summed E-state index contributed by atoms with van der Waals surface area (Å²) in [7, 11) is 0. The summed E-state index contributed by atoms with van der Waals surface area (Å²) in [6.45, 7) is 16.9. The highest BCUT2D eigenvalue weighted by Crippen LogP contribution is 2.41. The topological polar surface area (TPSA) is 26.0 Å². The van der Waals surface area contributed by atoms with Gasteiger partial charge >= 0.3 is 0 Å². The fourth-order valence-electron chi connectivity index (χ4n) is 2.87. The molecule has 0 aromatic heterocycles. The van der Waals surface area contributed by atoms with Crippen LogP contribution < -0.4 is 5.73 Å². The third-order valence-corrected chi connectivity index (χ3v) is 2.52. The first-order valence-electron chi connectivity index (χ1n) is 5.68. The largest absolute Gasteiger partial charge is 0.330 e. The smallest absolute Gasteiger partial charge is 0.00256 e. The molecule has 0 rings (SSSR count). The SMILES string of the molecule is CC(C)(C)CC(C)(C)CC(C)(C)CN. The van der Waals surface area contributed by atoms with Crippen LogP contribution >= 0.6 is 0 Å². The van der Waals surface area contributed by atoms with Gasteiger partial charge in [0.05, 0.1) is 0 Å². The van der Waals surface area contributed by atoms with E-state index in [9.17, 15) is 0 Å². The fraction of sp³-hybridized carbons (Fsp3) is 1.00. The Balaban J connectivity index is 4.35. The highest BCUT2D eigenvalue weighted by atomic mass is 14.6. The van der Waals surface area contributed by atoms with E-state index in [-0.39, 0.29) is 5.41 Å². The fourth-order valence-corrected chi connectivity index (χ4v) is 2.87. The first-order chi connectivity index (χ1) is 5.97. The summed E-state index contributed by atoms with van der Waals surface area (Å²) in [6, 6.07) is 0. The molecule has 86 valence electrons. The Labute approximate surface area is 90.5 Å². The highest BCUT2D eigenvalue weighted by molar-refractivity contribution is 4.83. The Morgan fingerprint density at radius 3 is 1.43 bits per heavy atom. The average molecular weight is 199 g/mol. The van der Waals surface area contributed by atoms with Crippen molar-refractivity contribution in [3.8, 4) is 0 Å². The molecule has 0 amide bonds. The maximum atomic E-state index is 5.78. The van der Waals surface area contributed by atoms with Crippen molar-refractivity contribution in [1.82, 2.24) is 0 Å². The lowest BCUT2D eigenvalue weighted by Crippen LogP contribution is -2.32. The summed E-state index contributed by atoms with van der Waals surface area (Å²) in [5, 5.41) is 0. The first-order valence-corrected chi connectivity index (χ1v) is 5.68. The third-order valence-electron chi connectivity index (χ3n) is 2.52. The highest BCUT2D eigenvalue weighted by Gasteiger charge is 2.31. The maximum absolute atomic E-state index is 5.78. The van der Waals surface area contributed by atoms with Crippen molar-refractivity contribution in [2.24, 2.45) is 22.0 Å². The predicted octanol–water partition coefficient (Wildman–Crippen LogP) is 3.82. The van der Waals surface area contributed by atoms with Crippen molar-refractivity contribution in [3.63, 3.8) is 0 Å². The number of hydrogen-bond acceptors (Lipinski definition) is 1. The van der Waals surface area contributed by atoms with Crippen molar-refractivity contribution >= 4 is 0 Å². The zero-order chi connectivity index (χ0) is 11.6. The second kappa shape index (κ2) is 4.22. The average Bonchev–Trinajstić information content (AvgIpc) is 1.78. The molecule has 0 aliphatic rings. The van der Waals surface area contributed by atoms with Gasteiger partial charge in [-0.15, -0.1) is 0 Å². The Kier molecular flexibility index (Phi) is 4.21. The number of hydrogen-bond donors (Lipinski definition) is 1. The molecule has 0 atom stereocenters. The van der Waals surface area contributed by atoms with Gasteiger partial charge in [-0.25, -0.2) is 0 Å². The molecule has 0 radical (unpaired) electrons. The van der Waals surface area contributed by atoms with E-state index >= 15 is 0 Å². The van der Waals surface area contributed by atoms with E-state index < -0.39 is 0 Å². The van der Waals surface area contributed by atoms with Gasteiger partial charge in [0.2, 0.25) is 0 Å². The van der Waals surface area contributed by atoms with E-state index in [0.29, 0.717) is 10.8 Å². The summed E-state index contributed by atoms with van der Waals surface area (Å²) in [5.74, 6) is 0. The number of nitrogens with two attached hydrogens (primary N) is 1. The predicted molar refractivity (Wildman–Crippen MR) is 65.3 cm³/mol. The summed E-state index contributed by atoms with van der Waals surface area (Å²) in [4.78, 5) is 0. The van der Waals surface area contributed by atoms with Gasteiger partial charge in [-0.2, -0.15) is 0 Å². The Bertz CT molecular complexity index is 172. The van der Waals surface area contributed by atoms with E-state index in [1.165, 1.54) is 12.8 Å². The molecule has 0 saturated carbocycles. The molecule has 2 N–H and O–H groups in total. The second-order valence-corrected chi connectivity index (χ2v) is 7.45. The van der Waals surface area contributed by atoms with Crippen molar-refractivity contribution in [3.05, 3.63) is 0 Å². The first kappa shape index (κ1) is 14.0. The van der Waals surface area contributed by atoms with Crippen molar-refractivity contribution in [2.75, 3.05) is 6.54 Å². The quantitative estimate of drug-likeness (QED) is 0.732. The van der Waals surface area contributed by atoms with Crippen LogP contribution in [0.1, 0.15) is 61.3 Å². The monoisotopic (exact) mass is 199 g/mol. The Morgan fingerprint density at radius 1 is 0.714 bits per heavy atom. The molecule has 0 aliphatic heterocycles. The van der Waals surface area contributed by atoms with E-state index in [4.69, 9.17) is 5.73 Å². The van der Waals surface area contributed by atoms with Crippen molar-refractivity contribution in [2.45, 2.75) is 61.3 Å². The molecule has 0 heterocycles. The minimum Gasteiger partial charge on any atom is -0.330 e. The molecule has 1 nitrogen and oxygen atoms in total. The molecule has 0 spiro atoms. The molecule has 0 aromatic rings. The van der Waals surface area contributed by atoms with E-state index in [1.54, 1.807) is 0 Å². The summed E-state index contributed by atoms with van der Waals surface area (Å²) in [5.41, 5.74) is 6.85. The van der Waals surface area contributed by atoms with Crippen LogP contribution in [0.15, 0.2) is 0 Å². The van der Waals surface area contributed by atoms with E-state index in [0.717, 1.165) is 6.54 Å². The second-order valence-electron chi connectivity index (χ2n) is 7.45. The normalized spacial score (nSPS) is 14.6. The van der Waals surface area contributed by atoms with Gasteiger partial charge in [-0.1, -0.05) is 48.5 Å². The van der Waals surface area contributed by atoms with Gasteiger partial charge in [0.25, 0.3) is 0 Å². The Hall–Kier alpha value is -0.0400. The van der Waals surface area contributed by atoms with Gasteiger partial charge in [0.1, 0.15) is 0 Å². The molecule has 0 saturated heterocycles. The zero-order valence-corrected chi connectivity index (χ0v) is 11.2. The molecule has 1 heteroatoms. The van der Waals surface area contributed by atoms with Gasteiger partial charge in [-0.3, -0.25) is 0 Å². The molecule has 0 fully saturated rings. The van der Waals surface area contributed by atoms with Crippen LogP contribution in [-0.2, 0) is 0 Å². The van der Waals surface area contributed by atoms with Crippen LogP contribution in [0.3, 0.4) is 0 Å². The van der Waals surface area contributed by atoms with Crippen molar-refractivity contribution in [1.29, 1.82) is 0 Å². The lowest BCUT2D eigenvalue weighted by molar-refractivity contribution is 0.137. The van der Waals surface area contributed by atoms with Crippen LogP contribution in [0.4, 0.5) is 0 Å². The van der Waals surface area contributed by atoms with E-state index in [2.05, 4.69) is 48.5 Å². The van der Waals surface area contributed by atoms with Gasteiger partial charge in [-0.05, 0) is 35.6 Å². The van der Waals surface area contributed by atoms with Crippen LogP contribution in [0.2, 0.25) is 0 Å². The molecule has 14 heavy (non-hydrogen) atoms. The standard InChI is InChI=1S/C13H29N/c1-11(2,3)8-12(4,5)9-13(6,7)10-14/h8-10,14H2,1-7H3. The van der Waals surface area contributed by atoms with Gasteiger partial charge in [0, 0.05) is 0 Å². The van der Waals surface area contributed by atoms with Crippen LogP contribution in [-0.4, -0.2) is 6.54 Å². The lowest BCUT2D eigenvalue weighted by atomic mass is 9.68. The van der Waals surface area contributed by atoms with Crippen molar-refractivity contribution < 1.29 is 0 Å². The molecule has 0 bridgehead atoms. The maximum Gasteiger partial charge on any atom is -0.00256 e. The summed E-state index contributed by atoms with van der Waals surface area (Å²) < 4.78 is 0. The summed E-state index contributed by atoms with van der Waals surface area (Å²) in [6.07, 6.45) is 2.46. The minimum atomic E-state index is 0.273. The Morgan fingerprint density at radius 2 is 1.14 bits per heavy atom. The number of rotatable bonds is 4. The third kappa shape index (κ3) is 6.42. The molecule has 0 aliphatic carbocycles. The van der Waals surface area contributed by atoms with Gasteiger partial charge < -0.3 is 5.73 Å². The molecule has 0 unspecified atom stereocenters. The zero-order valence-electron chi connectivity index (χ0n) is 11.2. The summed E-state index contributed by atoms with van der Waals surface area (Å²) >= 11 is 0. The van der Waals surface area contributed by atoms with Crippen LogP contribution in [0, 0.1) is 16.2 Å². The van der Waals surface area contributed by atoms with Crippen LogP contribution in [0.25, 0.3) is 0 Å². The molecular formula is C13H29N. The molecule has 0 aromatic carbocycles. The van der Waals surface area contributed by atoms with E-state index in [1.807, 2.05) is 0 Å². The molecular weight excluding hydrogens is 170 g/mol. The minimum absolute atomic E-state index is 0.273. The van der Waals surface area contributed by atoms with Crippen LogP contribution in [0.5, 0.6) is 0 Å².